The van der Waals surface area contributed by atoms with Gasteiger partial charge in [0.15, 0.2) is 5.17 Å². The second-order valence-corrected chi connectivity index (χ2v) is 8.15. The summed E-state index contributed by atoms with van der Waals surface area (Å²) >= 11 is 7.25. The highest BCUT2D eigenvalue weighted by atomic mass is 35.5. The number of thioether (sulfide) groups is 1. The van der Waals surface area contributed by atoms with Crippen molar-refractivity contribution < 1.29 is 4.21 Å². The molecule has 0 bridgehead atoms. The van der Waals surface area contributed by atoms with Crippen molar-refractivity contribution in [2.45, 2.75) is 4.90 Å². The van der Waals surface area contributed by atoms with Crippen molar-refractivity contribution >= 4 is 43.9 Å². The average Bonchev–Trinajstić information content (AvgIpc) is 2.85. The first-order valence-electron chi connectivity index (χ1n) is 5.93. The fraction of sp³-hybridized carbons (Fsp3) is 0.0714. The number of amidine groups is 1. The van der Waals surface area contributed by atoms with Gasteiger partial charge in [-0.2, -0.15) is 4.36 Å². The Labute approximate surface area is 127 Å². The Hall–Kier alpha value is -1.30. The number of aliphatic imine (C=N–C) groups is 1. The molecule has 0 aromatic heterocycles. The molecule has 1 aliphatic heterocycles. The second kappa shape index (κ2) is 5.60. The van der Waals surface area contributed by atoms with Crippen LogP contribution < -0.4 is 0 Å². The molecule has 0 fully saturated rings. The lowest BCUT2D eigenvalue weighted by Gasteiger charge is -2.00. The summed E-state index contributed by atoms with van der Waals surface area (Å²) in [6, 6.07) is 16.5. The number of hydrogen-bond donors (Lipinski definition) is 0. The summed E-state index contributed by atoms with van der Waals surface area (Å²) in [5.74, 6) is 0. The molecule has 0 N–H and O–H groups in total. The van der Waals surface area contributed by atoms with Crippen molar-refractivity contribution in [3.05, 3.63) is 59.6 Å². The maximum atomic E-state index is 12.8. The van der Waals surface area contributed by atoms with E-state index in [9.17, 15) is 4.21 Å². The summed E-state index contributed by atoms with van der Waals surface area (Å²) in [5, 5.41) is 1.67. The van der Waals surface area contributed by atoms with Crippen LogP contribution in [-0.4, -0.2) is 14.5 Å². The van der Waals surface area contributed by atoms with Gasteiger partial charge in [0, 0.05) is 9.92 Å². The highest BCUT2D eigenvalue weighted by Gasteiger charge is 2.22. The van der Waals surface area contributed by atoms with Gasteiger partial charge in [0.1, 0.15) is 0 Å². The van der Waals surface area contributed by atoms with Gasteiger partial charge in [-0.1, -0.05) is 41.6 Å². The highest BCUT2D eigenvalue weighted by molar-refractivity contribution is 8.25. The molecule has 0 spiro atoms. The Morgan fingerprint density at radius 2 is 1.80 bits per heavy atom. The van der Waals surface area contributed by atoms with Gasteiger partial charge in [-0.25, -0.2) is 9.20 Å². The van der Waals surface area contributed by atoms with Crippen molar-refractivity contribution in [3.63, 3.8) is 0 Å². The summed E-state index contributed by atoms with van der Waals surface area (Å²) in [6.07, 6.45) is 0. The van der Waals surface area contributed by atoms with Gasteiger partial charge in [-0.05, 0) is 36.4 Å². The minimum absolute atomic E-state index is 0.448. The van der Waals surface area contributed by atoms with Gasteiger partial charge in [0.25, 0.3) is 0 Å². The minimum atomic E-state index is -2.38. The van der Waals surface area contributed by atoms with Crippen LogP contribution in [-0.2, 0) is 9.73 Å². The van der Waals surface area contributed by atoms with E-state index in [0.717, 1.165) is 10.6 Å². The SMILES string of the molecule is O=S1(c2ccccc2)=NC(=Nc2ccc(Cl)cc2)SC1. The van der Waals surface area contributed by atoms with Crippen LogP contribution in [0.3, 0.4) is 0 Å². The lowest BCUT2D eigenvalue weighted by Crippen LogP contribution is -1.98. The predicted molar refractivity (Wildman–Crippen MR) is 86.3 cm³/mol. The molecule has 0 saturated carbocycles. The topological polar surface area (TPSA) is 41.8 Å². The van der Waals surface area contributed by atoms with Crippen molar-refractivity contribution in [1.29, 1.82) is 0 Å². The molecule has 0 saturated heterocycles. The summed E-state index contributed by atoms with van der Waals surface area (Å²) in [6.45, 7) is 0. The lowest BCUT2D eigenvalue weighted by atomic mass is 10.3. The summed E-state index contributed by atoms with van der Waals surface area (Å²) in [7, 11) is -2.38. The molecular formula is C14H11ClN2OS2. The molecule has 1 aliphatic rings. The van der Waals surface area contributed by atoms with Crippen molar-refractivity contribution in [2.75, 3.05) is 5.08 Å². The van der Waals surface area contributed by atoms with Gasteiger partial charge in [0.05, 0.1) is 20.5 Å². The monoisotopic (exact) mass is 322 g/mol. The van der Waals surface area contributed by atoms with E-state index >= 15 is 0 Å². The molecule has 1 heterocycles. The molecule has 0 amide bonds. The molecule has 2 aromatic rings. The third-order valence-corrected chi connectivity index (χ3v) is 6.77. The minimum Gasteiger partial charge on any atom is -0.243 e. The van der Waals surface area contributed by atoms with Crippen LogP contribution in [0.15, 0.2) is 68.8 Å². The Morgan fingerprint density at radius 1 is 1.10 bits per heavy atom. The molecule has 0 aliphatic carbocycles. The largest absolute Gasteiger partial charge is 0.243 e. The highest BCUT2D eigenvalue weighted by Crippen LogP contribution is 2.29. The van der Waals surface area contributed by atoms with Crippen LogP contribution in [0, 0.1) is 0 Å². The van der Waals surface area contributed by atoms with Gasteiger partial charge in [0.2, 0.25) is 0 Å². The van der Waals surface area contributed by atoms with E-state index in [1.54, 1.807) is 12.1 Å². The van der Waals surface area contributed by atoms with Gasteiger partial charge >= 0.3 is 0 Å². The average molecular weight is 323 g/mol. The van der Waals surface area contributed by atoms with Crippen molar-refractivity contribution in [2.24, 2.45) is 9.36 Å². The molecule has 102 valence electrons. The molecule has 3 rings (SSSR count). The first-order valence-corrected chi connectivity index (χ1v) is 8.97. The Balaban J connectivity index is 1.95. The molecular weight excluding hydrogens is 312 g/mol. The van der Waals surface area contributed by atoms with Crippen LogP contribution in [0.25, 0.3) is 0 Å². The van der Waals surface area contributed by atoms with E-state index in [1.165, 1.54) is 11.8 Å². The normalized spacial score (nSPS) is 23.8. The predicted octanol–water partition coefficient (Wildman–Crippen LogP) is 4.56. The van der Waals surface area contributed by atoms with Crippen LogP contribution in [0.5, 0.6) is 0 Å². The van der Waals surface area contributed by atoms with E-state index in [-0.39, 0.29) is 0 Å². The van der Waals surface area contributed by atoms with E-state index in [2.05, 4.69) is 9.36 Å². The summed E-state index contributed by atoms with van der Waals surface area (Å²) in [5.41, 5.74) is 0.761. The zero-order valence-corrected chi connectivity index (χ0v) is 12.8. The third kappa shape index (κ3) is 2.90. The van der Waals surface area contributed by atoms with Crippen molar-refractivity contribution in [1.82, 2.24) is 0 Å². The molecule has 0 radical (unpaired) electrons. The van der Waals surface area contributed by atoms with Crippen LogP contribution >= 0.6 is 23.4 Å². The molecule has 1 unspecified atom stereocenters. The molecule has 1 atom stereocenters. The van der Waals surface area contributed by atoms with Crippen LogP contribution in [0.4, 0.5) is 5.69 Å². The number of rotatable bonds is 2. The first kappa shape index (κ1) is 13.7. The van der Waals surface area contributed by atoms with Crippen molar-refractivity contribution in [3.8, 4) is 0 Å². The molecule has 2 aromatic carbocycles. The first-order chi connectivity index (χ1) is 9.66. The molecule has 20 heavy (non-hydrogen) atoms. The quantitative estimate of drug-likeness (QED) is 0.813. The second-order valence-electron chi connectivity index (χ2n) is 4.18. The standard InChI is InChI=1S/C14H11ClN2OS2/c15-11-6-8-12(9-7-11)16-14-17-20(18,10-19-14)13-4-2-1-3-5-13/h1-9H,10H2. The summed E-state index contributed by atoms with van der Waals surface area (Å²) < 4.78 is 17.1. The fourth-order valence-corrected chi connectivity index (χ4v) is 5.41. The maximum absolute atomic E-state index is 12.8. The molecule has 6 heteroatoms. The van der Waals surface area contributed by atoms with E-state index in [4.69, 9.17) is 11.6 Å². The Morgan fingerprint density at radius 3 is 2.50 bits per heavy atom. The lowest BCUT2D eigenvalue weighted by molar-refractivity contribution is 0.681. The molecule has 3 nitrogen and oxygen atoms in total. The Kier molecular flexibility index (Phi) is 3.83. The smallest absolute Gasteiger partial charge is 0.198 e. The fourth-order valence-electron chi connectivity index (χ4n) is 1.74. The van der Waals surface area contributed by atoms with E-state index < -0.39 is 9.73 Å². The maximum Gasteiger partial charge on any atom is 0.198 e. The number of hydrogen-bond acceptors (Lipinski definition) is 3. The zero-order valence-electron chi connectivity index (χ0n) is 10.4. The third-order valence-electron chi connectivity index (χ3n) is 2.74. The van der Waals surface area contributed by atoms with Gasteiger partial charge in [-0.15, -0.1) is 0 Å². The number of nitrogens with zero attached hydrogens (tertiary/aromatic N) is 2. The summed E-state index contributed by atoms with van der Waals surface area (Å²) in [4.78, 5) is 5.15. The number of halogens is 1. The van der Waals surface area contributed by atoms with E-state index in [1.807, 2.05) is 42.5 Å². The zero-order chi connectivity index (χ0) is 14.0. The van der Waals surface area contributed by atoms with Crippen LogP contribution in [0.1, 0.15) is 0 Å². The number of benzene rings is 2. The van der Waals surface area contributed by atoms with E-state index in [0.29, 0.717) is 15.3 Å². The van der Waals surface area contributed by atoms with Gasteiger partial charge < -0.3 is 0 Å². The Bertz CT molecular complexity index is 764. The van der Waals surface area contributed by atoms with Crippen LogP contribution in [0.2, 0.25) is 5.02 Å². The van der Waals surface area contributed by atoms with Gasteiger partial charge in [-0.3, -0.25) is 0 Å².